The second-order valence-corrected chi connectivity index (χ2v) is 3.62. The molecule has 0 aliphatic heterocycles. The largest absolute Gasteiger partial charge is 0.494 e. The van der Waals surface area contributed by atoms with Gasteiger partial charge in [-0.3, -0.25) is 9.78 Å². The molecule has 0 atom stereocenters. The van der Waals surface area contributed by atoms with Crippen LogP contribution in [0, 0.1) is 0 Å². The highest BCUT2D eigenvalue weighted by Gasteiger charge is 2.41. The Morgan fingerprint density at radius 1 is 1.35 bits per heavy atom. The second-order valence-electron chi connectivity index (χ2n) is 3.62. The summed E-state index contributed by atoms with van der Waals surface area (Å²) >= 11 is 0. The maximum Gasteiger partial charge on any atom is 0.420 e. The van der Waals surface area contributed by atoms with Gasteiger partial charge in [-0.1, -0.05) is 0 Å². The molecule has 0 saturated heterocycles. The van der Waals surface area contributed by atoms with Gasteiger partial charge in [0.25, 0.3) is 6.43 Å². The van der Waals surface area contributed by atoms with Gasteiger partial charge in [-0.15, -0.1) is 0 Å². The number of esters is 1. The van der Waals surface area contributed by atoms with Gasteiger partial charge in [-0.2, -0.15) is 13.2 Å². The Hall–Kier alpha value is -1.93. The van der Waals surface area contributed by atoms with Crippen molar-refractivity contribution in [2.75, 3.05) is 14.2 Å². The van der Waals surface area contributed by atoms with Gasteiger partial charge in [0, 0.05) is 6.20 Å². The molecule has 0 unspecified atom stereocenters. The fourth-order valence-corrected chi connectivity index (χ4v) is 1.56. The lowest BCUT2D eigenvalue weighted by Crippen LogP contribution is -2.16. The summed E-state index contributed by atoms with van der Waals surface area (Å²) in [6.07, 6.45) is -8.67. The van der Waals surface area contributed by atoms with E-state index >= 15 is 0 Å². The van der Waals surface area contributed by atoms with Crippen LogP contribution in [0.5, 0.6) is 5.75 Å². The zero-order chi connectivity index (χ0) is 15.5. The summed E-state index contributed by atoms with van der Waals surface area (Å²) in [6, 6.07) is 0. The van der Waals surface area contributed by atoms with Crippen LogP contribution in [0.25, 0.3) is 0 Å². The highest BCUT2D eigenvalue weighted by atomic mass is 19.4. The molecule has 0 aliphatic rings. The van der Waals surface area contributed by atoms with Crippen molar-refractivity contribution in [1.82, 2.24) is 4.98 Å². The average molecular weight is 299 g/mol. The minimum atomic E-state index is -5.06. The molecule has 1 heterocycles. The van der Waals surface area contributed by atoms with E-state index in [4.69, 9.17) is 0 Å². The van der Waals surface area contributed by atoms with E-state index in [-0.39, 0.29) is 0 Å². The lowest BCUT2D eigenvalue weighted by atomic mass is 10.1. The van der Waals surface area contributed by atoms with E-state index in [0.717, 1.165) is 14.2 Å². The number of carbonyl (C=O) groups is 1. The number of carbonyl (C=O) groups excluding carboxylic acids is 1. The van der Waals surface area contributed by atoms with E-state index in [1.165, 1.54) is 0 Å². The molecule has 112 valence electrons. The zero-order valence-corrected chi connectivity index (χ0v) is 10.4. The van der Waals surface area contributed by atoms with E-state index in [0.29, 0.717) is 6.20 Å². The minimum absolute atomic E-state index is 0.383. The van der Waals surface area contributed by atoms with Crippen LogP contribution in [-0.4, -0.2) is 25.2 Å². The Kier molecular flexibility index (Phi) is 4.85. The van der Waals surface area contributed by atoms with Crippen LogP contribution in [0.3, 0.4) is 0 Å². The van der Waals surface area contributed by atoms with Gasteiger partial charge >= 0.3 is 12.1 Å². The van der Waals surface area contributed by atoms with Crippen LogP contribution < -0.4 is 4.74 Å². The molecular weight excluding hydrogens is 289 g/mol. The Bertz CT molecular complexity index is 502. The van der Waals surface area contributed by atoms with Crippen molar-refractivity contribution in [3.63, 3.8) is 0 Å². The minimum Gasteiger partial charge on any atom is -0.494 e. The molecule has 0 fully saturated rings. The Morgan fingerprint density at radius 2 is 1.95 bits per heavy atom. The molecule has 0 radical (unpaired) electrons. The van der Waals surface area contributed by atoms with E-state index in [9.17, 15) is 26.7 Å². The molecule has 0 aromatic carbocycles. The monoisotopic (exact) mass is 299 g/mol. The maximum atomic E-state index is 12.9. The van der Waals surface area contributed by atoms with Crippen LogP contribution in [0.4, 0.5) is 22.0 Å². The third-order valence-electron chi connectivity index (χ3n) is 2.40. The van der Waals surface area contributed by atoms with E-state index in [1.807, 2.05) is 0 Å². The van der Waals surface area contributed by atoms with Gasteiger partial charge in [-0.05, 0) is 0 Å². The lowest BCUT2D eigenvalue weighted by molar-refractivity contribution is -0.142. The summed E-state index contributed by atoms with van der Waals surface area (Å²) in [6.45, 7) is 0. The molecule has 0 bridgehead atoms. The summed E-state index contributed by atoms with van der Waals surface area (Å²) in [4.78, 5) is 14.5. The Labute approximate surface area is 110 Å². The molecule has 0 amide bonds. The zero-order valence-electron chi connectivity index (χ0n) is 10.4. The number of ether oxygens (including phenoxy) is 2. The van der Waals surface area contributed by atoms with Gasteiger partial charge in [0.05, 0.1) is 31.9 Å². The van der Waals surface area contributed by atoms with E-state index in [2.05, 4.69) is 14.5 Å². The number of nitrogens with zero attached hydrogens (tertiary/aromatic N) is 1. The molecular formula is C11H10F5NO3. The molecule has 20 heavy (non-hydrogen) atoms. The number of aromatic nitrogens is 1. The van der Waals surface area contributed by atoms with E-state index in [1.54, 1.807) is 0 Å². The topological polar surface area (TPSA) is 48.4 Å². The first-order valence-electron chi connectivity index (χ1n) is 5.20. The first kappa shape index (κ1) is 16.1. The SMILES string of the molecule is COC(=O)Cc1ncc(C(F)F)c(C(F)(F)F)c1OC. The highest BCUT2D eigenvalue weighted by Crippen LogP contribution is 2.43. The summed E-state index contributed by atoms with van der Waals surface area (Å²) in [7, 11) is 1.91. The molecule has 0 N–H and O–H groups in total. The number of hydrogen-bond acceptors (Lipinski definition) is 4. The second kappa shape index (κ2) is 6.02. The molecule has 1 aromatic rings. The number of methoxy groups -OCH3 is 2. The summed E-state index contributed by atoms with van der Waals surface area (Å²) in [5, 5.41) is 0. The van der Waals surface area contributed by atoms with Crippen LogP contribution >= 0.6 is 0 Å². The molecule has 9 heteroatoms. The van der Waals surface area contributed by atoms with Gasteiger partial charge in [0.1, 0.15) is 5.56 Å². The number of hydrogen-bond donors (Lipinski definition) is 0. The summed E-state index contributed by atoms with van der Waals surface area (Å²) in [5.74, 6) is -1.77. The number of alkyl halides is 5. The van der Waals surface area contributed by atoms with Gasteiger partial charge in [0.2, 0.25) is 0 Å². The molecule has 0 spiro atoms. The van der Waals surface area contributed by atoms with Crippen LogP contribution in [-0.2, 0) is 22.1 Å². The predicted octanol–water partition coefficient (Wildman–Crippen LogP) is 2.76. The van der Waals surface area contributed by atoms with Crippen molar-refractivity contribution in [1.29, 1.82) is 0 Å². The summed E-state index contributed by atoms with van der Waals surface area (Å²) in [5.41, 5.74) is -3.36. The van der Waals surface area contributed by atoms with Crippen molar-refractivity contribution < 1.29 is 36.2 Å². The third kappa shape index (κ3) is 3.34. The predicted molar refractivity (Wildman–Crippen MR) is 56.5 cm³/mol. The van der Waals surface area contributed by atoms with Crippen molar-refractivity contribution >= 4 is 5.97 Å². The molecule has 1 aromatic heterocycles. The number of halogens is 5. The average Bonchev–Trinajstić information content (AvgIpc) is 2.36. The van der Waals surface area contributed by atoms with Crippen molar-refractivity contribution in [2.24, 2.45) is 0 Å². The van der Waals surface area contributed by atoms with Crippen molar-refractivity contribution in [3.8, 4) is 5.75 Å². The highest BCUT2D eigenvalue weighted by molar-refractivity contribution is 5.73. The van der Waals surface area contributed by atoms with E-state index < -0.39 is 47.6 Å². The standard InChI is InChI=1S/C11H10F5NO3/c1-19-7(18)3-6-9(20-2)8(11(14,15)16)5(4-17-6)10(12)13/h4,10H,3H2,1-2H3. The summed E-state index contributed by atoms with van der Waals surface area (Å²) < 4.78 is 72.8. The normalized spacial score (nSPS) is 11.6. The first-order valence-corrected chi connectivity index (χ1v) is 5.20. The first-order chi connectivity index (χ1) is 9.22. The molecule has 1 rings (SSSR count). The van der Waals surface area contributed by atoms with Gasteiger partial charge in [0.15, 0.2) is 5.75 Å². The number of rotatable bonds is 4. The van der Waals surface area contributed by atoms with Crippen molar-refractivity contribution in [2.45, 2.75) is 19.0 Å². The Morgan fingerprint density at radius 3 is 2.35 bits per heavy atom. The van der Waals surface area contributed by atoms with Crippen LogP contribution in [0.2, 0.25) is 0 Å². The lowest BCUT2D eigenvalue weighted by Gasteiger charge is -2.18. The quantitative estimate of drug-likeness (QED) is 0.633. The van der Waals surface area contributed by atoms with Gasteiger partial charge in [-0.25, -0.2) is 8.78 Å². The fourth-order valence-electron chi connectivity index (χ4n) is 1.56. The fraction of sp³-hybridized carbons (Fsp3) is 0.455. The van der Waals surface area contributed by atoms with Crippen LogP contribution in [0.1, 0.15) is 23.2 Å². The third-order valence-corrected chi connectivity index (χ3v) is 2.40. The molecule has 0 saturated carbocycles. The Balaban J connectivity index is 3.48. The molecule has 0 aliphatic carbocycles. The van der Waals surface area contributed by atoms with Crippen molar-refractivity contribution in [3.05, 3.63) is 23.0 Å². The van der Waals surface area contributed by atoms with Gasteiger partial charge < -0.3 is 9.47 Å². The molecule has 4 nitrogen and oxygen atoms in total. The smallest absolute Gasteiger partial charge is 0.420 e. The van der Waals surface area contributed by atoms with Crippen LogP contribution in [0.15, 0.2) is 6.20 Å². The number of pyridine rings is 1. The maximum absolute atomic E-state index is 12.9.